The van der Waals surface area contributed by atoms with E-state index in [1.54, 1.807) is 19.1 Å². The van der Waals surface area contributed by atoms with Crippen molar-refractivity contribution in [3.8, 4) is 0 Å². The zero-order valence-corrected chi connectivity index (χ0v) is 13.5. The largest absolute Gasteiger partial charge is 0.477 e. The number of aromatic carboxylic acids is 1. The van der Waals surface area contributed by atoms with E-state index in [1.807, 2.05) is 12.1 Å². The summed E-state index contributed by atoms with van der Waals surface area (Å²) in [6.45, 7) is 1.87. The minimum Gasteiger partial charge on any atom is -0.477 e. The van der Waals surface area contributed by atoms with E-state index in [1.165, 1.54) is 0 Å². The number of aryl methyl sites for hydroxylation is 1. The number of hydrogen-bond acceptors (Lipinski definition) is 4. The Balaban J connectivity index is 2.01. The molecule has 2 rings (SSSR count). The predicted octanol–water partition coefficient (Wildman–Crippen LogP) is 2.68. The van der Waals surface area contributed by atoms with Gasteiger partial charge < -0.3 is 10.4 Å². The van der Waals surface area contributed by atoms with Crippen LogP contribution in [0.5, 0.6) is 0 Å². The number of nitrogens with zero attached hydrogens (tertiary/aromatic N) is 1. The summed E-state index contributed by atoms with van der Waals surface area (Å²) in [7, 11) is 0. The van der Waals surface area contributed by atoms with E-state index in [2.05, 4.69) is 32.9 Å². The summed E-state index contributed by atoms with van der Waals surface area (Å²) in [6, 6.07) is 7.19. The van der Waals surface area contributed by atoms with Gasteiger partial charge in [0.05, 0.1) is 12.2 Å². The zero-order chi connectivity index (χ0) is 14.7. The van der Waals surface area contributed by atoms with Crippen LogP contribution in [0.1, 0.15) is 30.7 Å². The molecule has 0 aliphatic rings. The fourth-order valence-corrected chi connectivity index (χ4v) is 2.79. The van der Waals surface area contributed by atoms with Crippen LogP contribution in [0.2, 0.25) is 0 Å². The number of carboxylic acids is 1. The van der Waals surface area contributed by atoms with Crippen LogP contribution in [0, 0.1) is 10.5 Å². The monoisotopic (exact) mass is 402 g/mol. The second-order valence-electron chi connectivity index (χ2n) is 4.02. The lowest BCUT2D eigenvalue weighted by Gasteiger charge is -2.03. The van der Waals surface area contributed by atoms with Crippen LogP contribution in [0.15, 0.2) is 24.3 Å². The first kappa shape index (κ1) is 14.9. The summed E-state index contributed by atoms with van der Waals surface area (Å²) in [5.41, 5.74) is 1.04. The molecule has 0 aliphatic carbocycles. The summed E-state index contributed by atoms with van der Waals surface area (Å²) in [4.78, 5) is 27.2. The molecule has 2 N–H and O–H groups in total. The minimum atomic E-state index is -0.991. The van der Waals surface area contributed by atoms with Gasteiger partial charge in [-0.1, -0.05) is 0 Å². The Labute approximate surface area is 133 Å². The molecule has 2 aromatic rings. The van der Waals surface area contributed by atoms with Crippen LogP contribution in [0.4, 0.5) is 0 Å². The molecule has 0 bridgehead atoms. The average Bonchev–Trinajstić information content (AvgIpc) is 2.78. The first-order valence-corrected chi connectivity index (χ1v) is 7.60. The van der Waals surface area contributed by atoms with Crippen molar-refractivity contribution >= 4 is 45.8 Å². The number of hydrogen-bond donors (Lipinski definition) is 2. The van der Waals surface area contributed by atoms with Crippen molar-refractivity contribution < 1.29 is 14.7 Å². The minimum absolute atomic E-state index is 0.203. The quantitative estimate of drug-likeness (QED) is 0.771. The molecule has 0 fully saturated rings. The standard InChI is InChI=1S/C13H11IN2O3S/c1-7-11(13(18)19)20-10(16-7)6-15-12(17)8-2-4-9(14)5-3-8/h2-5H,6H2,1H3,(H,15,17)(H,18,19). The summed E-state index contributed by atoms with van der Waals surface area (Å²) >= 11 is 3.25. The second kappa shape index (κ2) is 6.31. The zero-order valence-electron chi connectivity index (χ0n) is 10.5. The molecule has 1 heterocycles. The molecule has 0 saturated heterocycles. The molecule has 1 aromatic carbocycles. The summed E-state index contributed by atoms with van der Waals surface area (Å²) in [5, 5.41) is 12.3. The number of nitrogens with one attached hydrogen (secondary N) is 1. The van der Waals surface area contributed by atoms with E-state index in [4.69, 9.17) is 5.11 Å². The molecule has 0 spiro atoms. The average molecular weight is 402 g/mol. The Bertz CT molecular complexity index is 652. The Morgan fingerprint density at radius 3 is 2.55 bits per heavy atom. The number of carbonyl (C=O) groups excluding carboxylic acids is 1. The van der Waals surface area contributed by atoms with Gasteiger partial charge in [-0.25, -0.2) is 9.78 Å². The summed E-state index contributed by atoms with van der Waals surface area (Å²) in [5.74, 6) is -1.19. The topological polar surface area (TPSA) is 79.3 Å². The molecule has 7 heteroatoms. The first-order valence-electron chi connectivity index (χ1n) is 5.70. The molecule has 0 saturated carbocycles. The fraction of sp³-hybridized carbons (Fsp3) is 0.154. The molecule has 104 valence electrons. The number of thiazole rings is 1. The Kier molecular flexibility index (Phi) is 4.71. The number of aromatic nitrogens is 1. The third-order valence-electron chi connectivity index (χ3n) is 2.54. The van der Waals surface area contributed by atoms with Crippen molar-refractivity contribution in [2.24, 2.45) is 0 Å². The van der Waals surface area contributed by atoms with Crippen molar-refractivity contribution in [1.82, 2.24) is 10.3 Å². The van der Waals surface area contributed by atoms with Gasteiger partial charge in [-0.15, -0.1) is 11.3 Å². The van der Waals surface area contributed by atoms with E-state index in [0.717, 1.165) is 14.9 Å². The predicted molar refractivity (Wildman–Crippen MR) is 84.1 cm³/mol. The van der Waals surface area contributed by atoms with Gasteiger partial charge in [0.15, 0.2) is 0 Å². The van der Waals surface area contributed by atoms with Crippen LogP contribution < -0.4 is 5.32 Å². The molecule has 1 aromatic heterocycles. The molecule has 0 aliphatic heterocycles. The normalized spacial score (nSPS) is 10.3. The van der Waals surface area contributed by atoms with Crippen molar-refractivity contribution in [3.63, 3.8) is 0 Å². The molecular formula is C13H11IN2O3S. The van der Waals surface area contributed by atoms with E-state index in [9.17, 15) is 9.59 Å². The van der Waals surface area contributed by atoms with Gasteiger partial charge in [0.25, 0.3) is 5.91 Å². The number of carbonyl (C=O) groups is 2. The Morgan fingerprint density at radius 1 is 1.35 bits per heavy atom. The smallest absolute Gasteiger partial charge is 0.347 e. The van der Waals surface area contributed by atoms with E-state index in [-0.39, 0.29) is 17.3 Å². The van der Waals surface area contributed by atoms with Gasteiger partial charge in [0, 0.05) is 9.13 Å². The highest BCUT2D eigenvalue weighted by Gasteiger charge is 2.14. The van der Waals surface area contributed by atoms with Gasteiger partial charge in [-0.3, -0.25) is 4.79 Å². The van der Waals surface area contributed by atoms with Crippen molar-refractivity contribution in [1.29, 1.82) is 0 Å². The van der Waals surface area contributed by atoms with E-state index >= 15 is 0 Å². The molecular weight excluding hydrogens is 391 g/mol. The second-order valence-corrected chi connectivity index (χ2v) is 6.35. The first-order chi connectivity index (χ1) is 9.47. The lowest BCUT2D eigenvalue weighted by molar-refractivity contribution is 0.0701. The third kappa shape index (κ3) is 3.54. The van der Waals surface area contributed by atoms with Gasteiger partial charge in [0.2, 0.25) is 0 Å². The number of amides is 1. The van der Waals surface area contributed by atoms with Crippen molar-refractivity contribution in [3.05, 3.63) is 49.0 Å². The maximum atomic E-state index is 11.9. The van der Waals surface area contributed by atoms with Gasteiger partial charge >= 0.3 is 5.97 Å². The van der Waals surface area contributed by atoms with Crippen LogP contribution in [0.25, 0.3) is 0 Å². The van der Waals surface area contributed by atoms with Gasteiger partial charge in [-0.2, -0.15) is 0 Å². The molecule has 1 amide bonds. The van der Waals surface area contributed by atoms with E-state index in [0.29, 0.717) is 16.3 Å². The molecule has 5 nitrogen and oxygen atoms in total. The number of rotatable bonds is 4. The highest BCUT2D eigenvalue weighted by molar-refractivity contribution is 14.1. The lowest BCUT2D eigenvalue weighted by Crippen LogP contribution is -2.22. The van der Waals surface area contributed by atoms with Crippen LogP contribution in [-0.4, -0.2) is 22.0 Å². The van der Waals surface area contributed by atoms with Gasteiger partial charge in [-0.05, 0) is 53.8 Å². The Hall–Kier alpha value is -1.48. The number of halogens is 1. The van der Waals surface area contributed by atoms with Crippen LogP contribution >= 0.6 is 33.9 Å². The van der Waals surface area contributed by atoms with Gasteiger partial charge in [0.1, 0.15) is 9.88 Å². The number of carboxylic acid groups (broad SMARTS) is 1. The SMILES string of the molecule is Cc1nc(CNC(=O)c2ccc(I)cc2)sc1C(=O)O. The van der Waals surface area contributed by atoms with E-state index < -0.39 is 5.97 Å². The van der Waals surface area contributed by atoms with Crippen molar-refractivity contribution in [2.75, 3.05) is 0 Å². The van der Waals surface area contributed by atoms with Crippen LogP contribution in [-0.2, 0) is 6.54 Å². The highest BCUT2D eigenvalue weighted by Crippen LogP contribution is 2.17. The maximum Gasteiger partial charge on any atom is 0.347 e. The number of benzene rings is 1. The molecule has 0 unspecified atom stereocenters. The Morgan fingerprint density at radius 2 is 2.00 bits per heavy atom. The fourth-order valence-electron chi connectivity index (χ4n) is 1.59. The highest BCUT2D eigenvalue weighted by atomic mass is 127. The summed E-state index contributed by atoms with van der Waals surface area (Å²) < 4.78 is 1.06. The van der Waals surface area contributed by atoms with Crippen molar-refractivity contribution in [2.45, 2.75) is 13.5 Å². The molecule has 0 radical (unpaired) electrons. The third-order valence-corrected chi connectivity index (χ3v) is 4.41. The molecule has 20 heavy (non-hydrogen) atoms. The lowest BCUT2D eigenvalue weighted by atomic mass is 10.2. The summed E-state index contributed by atoms with van der Waals surface area (Å²) in [6.07, 6.45) is 0. The van der Waals surface area contributed by atoms with Crippen LogP contribution in [0.3, 0.4) is 0 Å². The maximum absolute atomic E-state index is 11.9. The molecule has 0 atom stereocenters.